The van der Waals surface area contributed by atoms with E-state index >= 15 is 19.2 Å². The summed E-state index contributed by atoms with van der Waals surface area (Å²) in [6.07, 6.45) is -2.33. The minimum atomic E-state index is -1.63. The summed E-state index contributed by atoms with van der Waals surface area (Å²) in [5.41, 5.74) is -2.26. The maximum absolute atomic E-state index is 15.5. The fraction of sp³-hybridized carbons (Fsp3) is 0.559. The van der Waals surface area contributed by atoms with Crippen molar-refractivity contribution in [3.63, 3.8) is 0 Å². The van der Waals surface area contributed by atoms with E-state index in [1.165, 1.54) is 17.7 Å². The van der Waals surface area contributed by atoms with E-state index in [2.05, 4.69) is 42.5 Å². The molecule has 1 aliphatic rings. The van der Waals surface area contributed by atoms with Crippen molar-refractivity contribution in [2.24, 2.45) is 0 Å². The van der Waals surface area contributed by atoms with Gasteiger partial charge in [-0.2, -0.15) is 0 Å². The highest BCUT2D eigenvalue weighted by Gasteiger charge is 2.39. The number of carboxylic acids is 1. The lowest BCUT2D eigenvalue weighted by molar-refractivity contribution is -0.144. The first-order valence-electron chi connectivity index (χ1n) is 31.7. The molecule has 0 radical (unpaired) electrons. The number of para-hydroxylation sites is 1. The Hall–Kier alpha value is -8.04. The summed E-state index contributed by atoms with van der Waals surface area (Å²) in [4.78, 5) is 144. The number of amides is 8. The van der Waals surface area contributed by atoms with E-state index in [-0.39, 0.29) is 56.6 Å². The van der Waals surface area contributed by atoms with E-state index in [1.54, 1.807) is 162 Å². The first-order valence-corrected chi connectivity index (χ1v) is 34.2. The summed E-state index contributed by atoms with van der Waals surface area (Å²) in [5.74, 6) is -7.03. The molecule has 0 aliphatic carbocycles. The fourth-order valence-electron chi connectivity index (χ4n) is 9.77. The Balaban J connectivity index is 1.71. The predicted molar refractivity (Wildman–Crippen MR) is 364 cm³/mol. The average molecular weight is 1360 g/mol. The van der Waals surface area contributed by atoms with E-state index in [0.717, 1.165) is 21.6 Å². The van der Waals surface area contributed by atoms with Crippen LogP contribution in [0.2, 0.25) is 0 Å². The van der Waals surface area contributed by atoms with E-state index in [1.807, 2.05) is 20.8 Å². The third-order valence-corrected chi connectivity index (χ3v) is 16.2. The Bertz CT molecular complexity index is 3310. The fourth-order valence-corrected chi connectivity index (χ4v) is 12.1. The third kappa shape index (κ3) is 27.3. The summed E-state index contributed by atoms with van der Waals surface area (Å²) in [6.45, 7) is 27.6. The number of hydrogen-bond donors (Lipinski definition) is 9. The molecule has 1 fully saturated rings. The van der Waals surface area contributed by atoms with Crippen molar-refractivity contribution in [3.8, 4) is 5.75 Å². The zero-order chi connectivity index (χ0) is 70.8. The number of carboxylic acid groups (broad SMARTS) is 1. The van der Waals surface area contributed by atoms with Gasteiger partial charge in [-0.1, -0.05) is 82.3 Å². The topological polar surface area (TPSA) is 338 Å². The van der Waals surface area contributed by atoms with E-state index in [9.17, 15) is 33.9 Å². The van der Waals surface area contributed by atoms with Crippen LogP contribution in [-0.4, -0.2) is 164 Å². The second-order valence-electron chi connectivity index (χ2n) is 28.2. The summed E-state index contributed by atoms with van der Waals surface area (Å²) in [5, 5.41) is 32.9. The third-order valence-electron chi connectivity index (χ3n) is 13.8. The molecule has 2 heterocycles. The van der Waals surface area contributed by atoms with Gasteiger partial charge in [0.2, 0.25) is 35.4 Å². The largest absolute Gasteiger partial charge is 0.488 e. The number of fused-ring (bicyclic) bond motifs is 1. The van der Waals surface area contributed by atoms with Crippen LogP contribution in [0.5, 0.6) is 5.75 Å². The molecule has 0 spiro atoms. The van der Waals surface area contributed by atoms with Gasteiger partial charge in [0.1, 0.15) is 70.4 Å². The molecule has 1 aromatic heterocycles. The van der Waals surface area contributed by atoms with Gasteiger partial charge in [0.15, 0.2) is 0 Å². The maximum Gasteiger partial charge on any atom is 0.419 e. The van der Waals surface area contributed by atoms with Crippen LogP contribution in [0.1, 0.15) is 147 Å². The number of rotatable bonds is 18. The number of carbonyl (C=O) groups excluding carboxylic acids is 9. The second-order valence-corrected chi connectivity index (χ2v) is 30.8. The smallest absolute Gasteiger partial charge is 0.419 e. The second kappa shape index (κ2) is 34.1. The van der Waals surface area contributed by atoms with Crippen LogP contribution in [0.4, 0.5) is 14.4 Å². The zero-order valence-electron chi connectivity index (χ0n) is 57.4. The van der Waals surface area contributed by atoms with Gasteiger partial charge >= 0.3 is 24.2 Å². The Kier molecular flexibility index (Phi) is 27.8. The molecule has 8 amide bonds. The van der Waals surface area contributed by atoms with Gasteiger partial charge in [-0.25, -0.2) is 19.2 Å². The maximum atomic E-state index is 15.5. The Labute approximate surface area is 564 Å². The molecule has 0 bridgehead atoms. The number of benzene rings is 3. The lowest BCUT2D eigenvalue weighted by Crippen LogP contribution is -2.62. The number of aliphatic carboxylic acids is 1. The minimum Gasteiger partial charge on any atom is -0.488 e. The van der Waals surface area contributed by atoms with Crippen molar-refractivity contribution >= 4 is 92.2 Å². The van der Waals surface area contributed by atoms with Crippen LogP contribution >= 0.6 is 21.6 Å². The van der Waals surface area contributed by atoms with Gasteiger partial charge in [0.25, 0.3) is 0 Å². The van der Waals surface area contributed by atoms with Gasteiger partial charge in [-0.3, -0.25) is 33.3 Å². The normalized spacial score (nSPS) is 20.0. The van der Waals surface area contributed by atoms with Crippen LogP contribution in [-0.2, 0) is 71.8 Å². The highest BCUT2D eigenvalue weighted by Crippen LogP contribution is 2.27. The summed E-state index contributed by atoms with van der Waals surface area (Å²) in [6, 6.07) is 11.6. The first-order chi connectivity index (χ1) is 44.1. The number of unbranched alkanes of at least 4 members (excludes halogenated alkanes) is 1. The number of carbonyl (C=O) groups is 10. The lowest BCUT2D eigenvalue weighted by atomic mass is 10.0. The molecule has 8 atom stereocenters. The number of nitrogens with zero attached hydrogens (tertiary/aromatic N) is 1. The summed E-state index contributed by atoms with van der Waals surface area (Å²) >= 11 is 0. The molecule has 95 heavy (non-hydrogen) atoms. The molecule has 9 N–H and O–H groups in total. The molecule has 25 nitrogen and oxygen atoms in total. The molecule has 4 aromatic rings. The van der Waals surface area contributed by atoms with Crippen molar-refractivity contribution in [1.82, 2.24) is 47.1 Å². The molecule has 27 heteroatoms. The summed E-state index contributed by atoms with van der Waals surface area (Å²) < 4.78 is 30.3. The van der Waals surface area contributed by atoms with E-state index in [0.29, 0.717) is 33.3 Å². The standard InChI is InChI=1S/C68H97N9O16S2/c1-40(89-64(2,3)4)53-59(83)74-51(60(84)85)39-95-94-38-50(73-56(80)48(34-41-24-18-17-19-25-41)75-62(87)92-67(11,12)13)58(82)71-47(35-42-29-31-44(32-30-42)90-65(5,6)7)55(79)72-49(36-43-37-77(63(88)93-68(14,15)16)52-28-21-20-26-45(43)52)57(81)70-46(54(78)76-53)27-22-23-33-69-61(86)91-66(8,9)10/h17-21,24-26,28-32,37,40,46-51,53H,22-23,27,33-36,38-39H2,1-16H3,(H,69,86)(H,70,81)(H,71,82)(H,72,79)(H,73,80)(H,74,83)(H,75,87)(H,76,78)(H,84,85)/t40-,46+,47+,48-,49-,50+,51+,53+/m1/s1. The molecule has 0 saturated carbocycles. The van der Waals surface area contributed by atoms with Gasteiger partial charge in [-0.05, 0) is 165 Å². The van der Waals surface area contributed by atoms with Crippen LogP contribution in [0.15, 0.2) is 85.1 Å². The van der Waals surface area contributed by atoms with Crippen molar-refractivity contribution in [2.45, 2.75) is 226 Å². The predicted octanol–water partition coefficient (Wildman–Crippen LogP) is 7.81. The SMILES string of the molecule is C[C@@H](OC(C)(C)C)[C@@H]1NC(=O)[C@H](CCCCNC(=O)OC(C)(C)C)NC(=O)[C@@H](Cc2cn(C(=O)OC(C)(C)C)c3ccccc23)NC(=O)[C@H](Cc2ccc(OC(C)(C)C)cc2)NC(=O)[C@@H](NC(=O)[C@@H](Cc2ccccc2)NC(=O)OC(C)(C)C)CSSC[C@@H](C(=O)O)NC1=O. The molecule has 3 aromatic carbocycles. The average Bonchev–Trinajstić information content (AvgIpc) is 1.65. The monoisotopic (exact) mass is 1360 g/mol. The molecule has 0 unspecified atom stereocenters. The van der Waals surface area contributed by atoms with Crippen LogP contribution < -0.4 is 47.3 Å². The van der Waals surface area contributed by atoms with Crippen LogP contribution in [0, 0.1) is 0 Å². The van der Waals surface area contributed by atoms with Crippen molar-refractivity contribution in [3.05, 3.63) is 102 Å². The van der Waals surface area contributed by atoms with Gasteiger partial charge in [-0.15, -0.1) is 0 Å². The lowest BCUT2D eigenvalue weighted by Gasteiger charge is -2.32. The molecule has 1 aliphatic heterocycles. The Morgan fingerprint density at radius 3 is 1.75 bits per heavy atom. The number of hydrogen-bond acceptors (Lipinski definition) is 17. The van der Waals surface area contributed by atoms with Crippen molar-refractivity contribution in [1.29, 1.82) is 0 Å². The highest BCUT2D eigenvalue weighted by molar-refractivity contribution is 8.76. The first kappa shape index (κ1) is 77.7. The molecule has 522 valence electrons. The summed E-state index contributed by atoms with van der Waals surface area (Å²) in [7, 11) is 1.89. The molecule has 5 rings (SSSR count). The minimum absolute atomic E-state index is 0.0605. The molecular weight excluding hydrogens is 1260 g/mol. The van der Waals surface area contributed by atoms with Crippen LogP contribution in [0.25, 0.3) is 10.9 Å². The van der Waals surface area contributed by atoms with Crippen LogP contribution in [0.3, 0.4) is 0 Å². The van der Waals surface area contributed by atoms with Gasteiger partial charge < -0.3 is 71.3 Å². The molecular formula is C68H97N9O16S2. The quantitative estimate of drug-likeness (QED) is 0.0260. The zero-order valence-corrected chi connectivity index (χ0v) is 59.0. The van der Waals surface area contributed by atoms with Crippen molar-refractivity contribution in [2.75, 3.05) is 18.1 Å². The van der Waals surface area contributed by atoms with Gasteiger partial charge in [0, 0.05) is 48.9 Å². The highest BCUT2D eigenvalue weighted by atomic mass is 33.1. The molecule has 1 saturated heterocycles. The van der Waals surface area contributed by atoms with E-state index < -0.39 is 136 Å². The van der Waals surface area contributed by atoms with Crippen molar-refractivity contribution < 1.29 is 76.7 Å². The number of ether oxygens (including phenoxy) is 5. The van der Waals surface area contributed by atoms with E-state index in [4.69, 9.17) is 23.7 Å². The number of aromatic nitrogens is 1. The number of nitrogens with one attached hydrogen (secondary N) is 8. The van der Waals surface area contributed by atoms with Gasteiger partial charge in [0.05, 0.1) is 17.2 Å². The number of alkyl carbamates (subject to hydrolysis) is 2. The Morgan fingerprint density at radius 1 is 0.589 bits per heavy atom. The Morgan fingerprint density at radius 2 is 1.15 bits per heavy atom.